The largest absolute Gasteiger partial charge is 0.391 e. The van der Waals surface area contributed by atoms with E-state index in [1.165, 1.54) is 0 Å². The summed E-state index contributed by atoms with van der Waals surface area (Å²) in [7, 11) is 0. The van der Waals surface area contributed by atoms with Gasteiger partial charge in [0, 0.05) is 6.42 Å². The Hall–Kier alpha value is -3.68. The first kappa shape index (κ1) is 33.7. The minimum atomic E-state index is -1.91. The van der Waals surface area contributed by atoms with Gasteiger partial charge in [-0.2, -0.15) is 0 Å². The fourth-order valence-corrected chi connectivity index (χ4v) is 5.90. The molecule has 9 atom stereocenters. The van der Waals surface area contributed by atoms with Crippen LogP contribution in [0.1, 0.15) is 41.6 Å². The van der Waals surface area contributed by atoms with Crippen LogP contribution < -0.4 is 10.6 Å². The maximum Gasteiger partial charge on any atom is 0.252 e. The summed E-state index contributed by atoms with van der Waals surface area (Å²) in [5.74, 6) is -1.49. The topological polar surface area (TPSA) is 167 Å². The van der Waals surface area contributed by atoms with Crippen LogP contribution in [0.4, 0.5) is 0 Å². The summed E-state index contributed by atoms with van der Waals surface area (Å²) in [6.07, 6.45) is -8.44. The quantitative estimate of drug-likeness (QED) is 0.153. The summed E-state index contributed by atoms with van der Waals surface area (Å²) < 4.78 is 17.4. The van der Waals surface area contributed by atoms with Gasteiger partial charge in [-0.1, -0.05) is 84.9 Å². The molecule has 2 aliphatic rings. The highest BCUT2D eigenvalue weighted by Crippen LogP contribution is 2.31. The SMILES string of the molecule is CC(O)[C@@H]1CC(NC(=O)[C@H](OCc2ccccc2)[C@H](O)[C@@H](O)[C@@H](OCc2ccccc2)C(=O)N[C@H]2c3ccccc3C[C@H]2O)CO1. The number of ether oxygens (including phenoxy) is 3. The molecule has 11 heteroatoms. The second-order valence-electron chi connectivity index (χ2n) is 11.9. The van der Waals surface area contributed by atoms with E-state index in [0.717, 1.165) is 22.3 Å². The molecule has 1 saturated heterocycles. The first-order valence-corrected chi connectivity index (χ1v) is 15.5. The number of carbonyl (C=O) groups is 2. The molecule has 6 N–H and O–H groups in total. The van der Waals surface area contributed by atoms with Gasteiger partial charge >= 0.3 is 0 Å². The van der Waals surface area contributed by atoms with Crippen LogP contribution in [-0.4, -0.2) is 87.6 Å². The monoisotopic (exact) mass is 634 g/mol. The molecule has 5 rings (SSSR count). The van der Waals surface area contributed by atoms with E-state index in [9.17, 15) is 30.0 Å². The van der Waals surface area contributed by atoms with Crippen LogP contribution in [0.15, 0.2) is 84.9 Å². The number of amides is 2. The van der Waals surface area contributed by atoms with E-state index >= 15 is 0 Å². The molecule has 1 aliphatic heterocycles. The Morgan fingerprint density at radius 2 is 1.33 bits per heavy atom. The normalized spacial score (nSPS) is 23.9. The first-order valence-electron chi connectivity index (χ1n) is 15.5. The zero-order valence-electron chi connectivity index (χ0n) is 25.6. The number of aliphatic hydroxyl groups is 4. The second kappa shape index (κ2) is 15.7. The Bertz CT molecular complexity index is 1420. The van der Waals surface area contributed by atoms with Gasteiger partial charge in [0.1, 0.15) is 12.2 Å². The van der Waals surface area contributed by atoms with Crippen molar-refractivity contribution < 1.29 is 44.2 Å². The van der Waals surface area contributed by atoms with Crippen molar-refractivity contribution in [1.82, 2.24) is 10.6 Å². The van der Waals surface area contributed by atoms with E-state index < -0.39 is 66.6 Å². The average Bonchev–Trinajstić information content (AvgIpc) is 3.66. The van der Waals surface area contributed by atoms with Crippen LogP contribution in [-0.2, 0) is 43.4 Å². The molecule has 0 saturated carbocycles. The van der Waals surface area contributed by atoms with Crippen LogP contribution in [0.5, 0.6) is 0 Å². The van der Waals surface area contributed by atoms with Crippen molar-refractivity contribution in [3.05, 3.63) is 107 Å². The molecule has 0 aromatic heterocycles. The van der Waals surface area contributed by atoms with E-state index in [2.05, 4.69) is 10.6 Å². The van der Waals surface area contributed by atoms with Crippen molar-refractivity contribution in [2.24, 2.45) is 0 Å². The zero-order chi connectivity index (χ0) is 32.6. The molecule has 0 radical (unpaired) electrons. The highest BCUT2D eigenvalue weighted by atomic mass is 16.5. The lowest BCUT2D eigenvalue weighted by atomic mass is 9.99. The van der Waals surface area contributed by atoms with Crippen molar-refractivity contribution >= 4 is 11.8 Å². The summed E-state index contributed by atoms with van der Waals surface area (Å²) >= 11 is 0. The number of fused-ring (bicyclic) bond motifs is 1. The summed E-state index contributed by atoms with van der Waals surface area (Å²) in [6.45, 7) is 1.62. The number of aliphatic hydroxyl groups excluding tert-OH is 4. The van der Waals surface area contributed by atoms with E-state index in [1.807, 2.05) is 36.4 Å². The molecular weight excluding hydrogens is 592 g/mol. The Morgan fingerprint density at radius 3 is 1.87 bits per heavy atom. The molecular formula is C35H42N2O9. The zero-order valence-corrected chi connectivity index (χ0v) is 25.6. The Labute approximate surface area is 268 Å². The van der Waals surface area contributed by atoms with E-state index in [-0.39, 0.29) is 19.8 Å². The highest BCUT2D eigenvalue weighted by Gasteiger charge is 2.43. The van der Waals surface area contributed by atoms with Crippen molar-refractivity contribution in [3.63, 3.8) is 0 Å². The first-order chi connectivity index (χ1) is 22.2. The lowest BCUT2D eigenvalue weighted by molar-refractivity contribution is -0.171. The van der Waals surface area contributed by atoms with Gasteiger partial charge in [-0.3, -0.25) is 9.59 Å². The molecule has 0 spiro atoms. The van der Waals surface area contributed by atoms with Gasteiger partial charge in [0.05, 0.1) is 50.2 Å². The predicted octanol–water partition coefficient (Wildman–Crippen LogP) is 1.31. The average molecular weight is 635 g/mol. The molecule has 0 bridgehead atoms. The van der Waals surface area contributed by atoms with Crippen molar-refractivity contribution in [2.75, 3.05) is 6.61 Å². The van der Waals surface area contributed by atoms with Crippen molar-refractivity contribution in [1.29, 1.82) is 0 Å². The molecule has 3 aromatic carbocycles. The van der Waals surface area contributed by atoms with E-state index in [4.69, 9.17) is 14.2 Å². The van der Waals surface area contributed by atoms with Gasteiger partial charge in [0.2, 0.25) is 0 Å². The van der Waals surface area contributed by atoms with Crippen molar-refractivity contribution in [3.8, 4) is 0 Å². The van der Waals surface area contributed by atoms with Gasteiger partial charge in [-0.25, -0.2) is 0 Å². The molecule has 1 aliphatic carbocycles. The van der Waals surface area contributed by atoms with Crippen molar-refractivity contribution in [2.45, 2.75) is 87.8 Å². The van der Waals surface area contributed by atoms with Gasteiger partial charge in [-0.05, 0) is 35.6 Å². The molecule has 3 aromatic rings. The maximum atomic E-state index is 13.8. The van der Waals surface area contributed by atoms with Gasteiger partial charge < -0.3 is 45.3 Å². The smallest absolute Gasteiger partial charge is 0.252 e. The fourth-order valence-electron chi connectivity index (χ4n) is 5.90. The standard InChI is InChI=1S/C35H42N2O9/c1-21(38)28-17-25(20-44-28)36-34(42)32(45-18-22-10-4-2-5-11-22)30(40)31(41)33(46-19-23-12-6-3-7-13-23)35(43)37-29-26-15-9-8-14-24(26)16-27(29)39/h2-15,21,25,27-33,38-41H,16-20H2,1H3,(H,36,42)(H,37,43)/t21?,25?,27-,28+,29+,30-,31-,32-,33-/m1/s1. The molecule has 1 fully saturated rings. The summed E-state index contributed by atoms with van der Waals surface area (Å²) in [4.78, 5) is 27.3. The molecule has 246 valence electrons. The lowest BCUT2D eigenvalue weighted by Gasteiger charge is -2.32. The molecule has 11 nitrogen and oxygen atoms in total. The summed E-state index contributed by atoms with van der Waals surface area (Å²) in [5, 5.41) is 49.3. The summed E-state index contributed by atoms with van der Waals surface area (Å²) in [5.41, 5.74) is 3.08. The Balaban J connectivity index is 1.36. The second-order valence-corrected chi connectivity index (χ2v) is 11.9. The van der Waals surface area contributed by atoms with Crippen LogP contribution >= 0.6 is 0 Å². The molecule has 2 amide bonds. The predicted molar refractivity (Wildman–Crippen MR) is 167 cm³/mol. The maximum absolute atomic E-state index is 13.8. The number of benzene rings is 3. The van der Waals surface area contributed by atoms with Crippen LogP contribution in [0, 0.1) is 0 Å². The number of carbonyl (C=O) groups excluding carboxylic acids is 2. The summed E-state index contributed by atoms with van der Waals surface area (Å²) in [6, 6.07) is 24.2. The Morgan fingerprint density at radius 1 is 0.804 bits per heavy atom. The third kappa shape index (κ3) is 8.37. The minimum absolute atomic E-state index is 0.0625. The van der Waals surface area contributed by atoms with Gasteiger partial charge in [0.25, 0.3) is 11.8 Å². The molecule has 2 unspecified atom stereocenters. The van der Waals surface area contributed by atoms with Crippen LogP contribution in [0.2, 0.25) is 0 Å². The number of rotatable bonds is 14. The van der Waals surface area contributed by atoms with Gasteiger partial charge in [0.15, 0.2) is 12.2 Å². The number of hydrogen-bond acceptors (Lipinski definition) is 9. The highest BCUT2D eigenvalue weighted by molar-refractivity contribution is 5.84. The van der Waals surface area contributed by atoms with Gasteiger partial charge in [-0.15, -0.1) is 0 Å². The van der Waals surface area contributed by atoms with Crippen LogP contribution in [0.25, 0.3) is 0 Å². The molecule has 46 heavy (non-hydrogen) atoms. The minimum Gasteiger partial charge on any atom is -0.391 e. The molecule has 1 heterocycles. The van der Waals surface area contributed by atoms with E-state index in [1.54, 1.807) is 55.5 Å². The Kier molecular flexibility index (Phi) is 11.5. The fraction of sp³-hybridized carbons (Fsp3) is 0.429. The third-order valence-corrected chi connectivity index (χ3v) is 8.45. The number of nitrogens with one attached hydrogen (secondary N) is 2. The third-order valence-electron chi connectivity index (χ3n) is 8.45. The number of hydrogen-bond donors (Lipinski definition) is 6. The lowest BCUT2D eigenvalue weighted by Crippen LogP contribution is -2.57. The van der Waals surface area contributed by atoms with E-state index in [0.29, 0.717) is 12.8 Å². The van der Waals surface area contributed by atoms with Crippen LogP contribution in [0.3, 0.4) is 0 Å².